The minimum Gasteiger partial charge on any atom is -0.492 e. The van der Waals surface area contributed by atoms with Gasteiger partial charge in [0.2, 0.25) is 47.5 Å². The number of nitrogens with one attached hydrogen (secondary N) is 5. The van der Waals surface area contributed by atoms with Crippen LogP contribution in [0, 0.1) is 34.2 Å². The molecule has 4 fully saturated rings. The van der Waals surface area contributed by atoms with Crippen LogP contribution in [0.3, 0.4) is 0 Å². The van der Waals surface area contributed by atoms with Gasteiger partial charge in [-0.25, -0.2) is 9.59 Å². The fourth-order valence-corrected chi connectivity index (χ4v) is 19.0. The highest BCUT2D eigenvalue weighted by molar-refractivity contribution is 14.1. The molecule has 0 saturated carbocycles. The minimum atomic E-state index is -2.41. The number of ketones is 1. The molecule has 718 valence electrons. The highest BCUT2D eigenvalue weighted by Gasteiger charge is 2.52. The fraction of sp³-hybridized carbons (Fsp3) is 0.609. The molecule has 8 rings (SSSR count). The van der Waals surface area contributed by atoms with Crippen molar-refractivity contribution in [3.63, 3.8) is 0 Å². The molecule has 0 bridgehead atoms. The number of hydrogen-bond donors (Lipinski definition) is 12. The average molecular weight is 1990 g/mol. The number of urea groups is 1. The zero-order valence-electron chi connectivity index (χ0n) is 75.2. The molecule has 0 aromatic heterocycles. The number of nitrogens with two attached hydrogens (primary N) is 2. The third kappa shape index (κ3) is 28.8. The van der Waals surface area contributed by atoms with Crippen LogP contribution < -0.4 is 52.3 Å². The molecule has 39 nitrogen and oxygen atoms in total. The Morgan fingerprint density at radius 1 is 0.838 bits per heavy atom. The van der Waals surface area contributed by atoms with Crippen molar-refractivity contribution in [2.24, 2.45) is 28.5 Å². The number of ether oxygens (including phenoxy) is 12. The molecule has 21 atom stereocenters. The molecule has 130 heavy (non-hydrogen) atoms. The van der Waals surface area contributed by atoms with Crippen molar-refractivity contribution in [2.45, 2.75) is 267 Å². The summed E-state index contributed by atoms with van der Waals surface area (Å²) in [6.07, 6.45) is -11.3. The van der Waals surface area contributed by atoms with E-state index in [-0.39, 0.29) is 116 Å². The standard InChI is InChI=1S/C87H121IN10O29S3/c1-16-18-20-25-57(66-52(33-36-128-130-86(9,10)11)87(90,114)39-56(101)69(66)96-60(103)41-99)124-83-76(71(107)51(46(6)122-83)40-92-127-64-37-55(100)78(48(8)121-64)129-81(111)65-45(5)67(88)74(77(118-15)73(65)116-13)126-82-72(108)75(117-14)70(106)47(7)123-82)125-63-38-58(115-12)54(43-119-63)97(17-2)85(113)120-42-49-27-29-50(30-28-49)93-79(109)53(24-23-34-91-84(89)112)94-80(110)68(44(3)4)95-59(102)26-21-19-22-35-98-61(104)31-32-62(98)105/h16,18,27-33,40-41,44,46-48,51,53-55,57-58,63-64,68,70-72,75-76,78,82-83,100,106-108,114H,17,19,21-24,26,34-39,42-43,90H2,1-15H3,(H,93,109)(H,94,110)(H,95,102)(H,96,103)(H3,89,91,112)/b18-16-,52-33+,92-40-/t46-,47+,48-,51?,53+,54+,55+,57+,58+,63+,64+,68+,70+,71+,72-,75-,76-,78-,82+,83+,87+/m1/s1. The van der Waals surface area contributed by atoms with Crippen molar-refractivity contribution in [1.82, 2.24) is 31.1 Å². The predicted molar refractivity (Wildman–Crippen MR) is 485 cm³/mol. The molecule has 6 aliphatic rings. The number of aliphatic hydroxyl groups is 5. The molecule has 5 heterocycles. The highest BCUT2D eigenvalue weighted by Crippen LogP contribution is 2.50. The molecule has 9 amide bonds. The summed E-state index contributed by atoms with van der Waals surface area (Å²) in [6.45, 7) is 19.1. The second-order valence-corrected chi connectivity index (χ2v) is 38.2. The van der Waals surface area contributed by atoms with Crippen molar-refractivity contribution < 1.29 is 140 Å². The first kappa shape index (κ1) is 107. The first-order valence-electron chi connectivity index (χ1n) is 42.5. The van der Waals surface area contributed by atoms with E-state index >= 15 is 0 Å². The second kappa shape index (κ2) is 50.1. The number of carbonyl (C=O) groups is 11. The van der Waals surface area contributed by atoms with E-state index in [1.165, 1.54) is 79.4 Å². The number of nitrogens with zero attached hydrogens (tertiary/aromatic N) is 3. The SMILES string of the molecule is C/C=C\C#C[C@H](O[C@@H]1O[C@H](C)C(/C=N\O[C@H]2C[C@H](O)[C@H](SC(=O)c3c(C)c(I)c(O[C@@H]4O[C@@H](C)[C@H](O)[C@@H](OC)[C@H]4O)c(OC)c3OC)[C@@H](C)O2)[C@H](O)[C@H]1O[C@H]1C[C@H](OC)[C@@H](N(CC)C(=O)OCc2ccc(NC(=O)[C@H](CCCNC(N)=O)NC(=O)[C@@H](NC(=O)CCCCCN3C(=O)C=CC3=O)C(C)C)cc2)CO1)C1=C(NC(=O)C=O)C(=O)C[C@](N)(O)/C1=C/CSSC(C)(C)C. The molecule has 2 aromatic rings. The second-order valence-electron chi connectivity index (χ2n) is 32.8. The number of methoxy groups -OCH3 is 4. The van der Waals surface area contributed by atoms with Gasteiger partial charge in [-0.2, -0.15) is 0 Å². The van der Waals surface area contributed by atoms with Crippen LogP contribution in [0.1, 0.15) is 149 Å². The summed E-state index contributed by atoms with van der Waals surface area (Å²) in [6, 6.07) is 2.48. The van der Waals surface area contributed by atoms with Crippen LogP contribution in [-0.4, -0.2) is 293 Å². The summed E-state index contributed by atoms with van der Waals surface area (Å²) in [5, 5.41) is 74.5. The van der Waals surface area contributed by atoms with Crippen LogP contribution in [0.25, 0.3) is 0 Å². The van der Waals surface area contributed by atoms with Gasteiger partial charge >= 0.3 is 12.1 Å². The Bertz CT molecular complexity index is 4510. The number of imide groups is 1. The number of anilines is 1. The number of rotatable bonds is 41. The third-order valence-corrected chi connectivity index (χ3v) is 27.8. The highest BCUT2D eigenvalue weighted by atomic mass is 127. The molecule has 43 heteroatoms. The smallest absolute Gasteiger partial charge is 0.410 e. The van der Waals surface area contributed by atoms with Crippen molar-refractivity contribution >= 4 is 133 Å². The van der Waals surface area contributed by atoms with Crippen molar-refractivity contribution in [3.05, 3.63) is 91.7 Å². The van der Waals surface area contributed by atoms with E-state index in [0.29, 0.717) is 39.6 Å². The number of carbonyl (C=O) groups excluding carboxylic acids is 11. The van der Waals surface area contributed by atoms with E-state index in [1.54, 1.807) is 91.8 Å². The number of amides is 9. The number of oxime groups is 1. The van der Waals surface area contributed by atoms with E-state index < -0.39 is 204 Å². The molecule has 0 spiro atoms. The predicted octanol–water partition coefficient (Wildman–Crippen LogP) is 4.87. The van der Waals surface area contributed by atoms with Gasteiger partial charge in [0, 0.05) is 92.6 Å². The van der Waals surface area contributed by atoms with Gasteiger partial charge in [0.15, 0.2) is 29.9 Å². The minimum absolute atomic E-state index is 0.0113. The number of halogens is 1. The Morgan fingerprint density at radius 2 is 1.53 bits per heavy atom. The molecule has 14 N–H and O–H groups in total. The van der Waals surface area contributed by atoms with Gasteiger partial charge < -0.3 is 124 Å². The molecule has 5 aliphatic heterocycles. The van der Waals surface area contributed by atoms with Crippen LogP contribution in [0.4, 0.5) is 15.3 Å². The van der Waals surface area contributed by atoms with Gasteiger partial charge in [-0.1, -0.05) is 116 Å². The van der Waals surface area contributed by atoms with Gasteiger partial charge in [-0.3, -0.25) is 53.8 Å². The number of allylic oxidation sites excluding steroid dienone is 3. The number of likely N-dealkylation sites (N-methyl/N-ethyl adjacent to an activating group) is 1. The average Bonchev–Trinajstić information content (AvgIpc) is 0.809. The lowest BCUT2D eigenvalue weighted by Crippen LogP contribution is -2.60. The summed E-state index contributed by atoms with van der Waals surface area (Å²) in [4.78, 5) is 153. The zero-order valence-corrected chi connectivity index (χ0v) is 79.8. The number of primary amides is 1. The lowest BCUT2D eigenvalue weighted by atomic mass is 9.80. The lowest BCUT2D eigenvalue weighted by molar-refractivity contribution is -0.327. The first-order chi connectivity index (χ1) is 61.6. The summed E-state index contributed by atoms with van der Waals surface area (Å²) in [5.74, 6) is -0.180. The molecule has 1 unspecified atom stereocenters. The van der Waals surface area contributed by atoms with E-state index in [2.05, 4.69) is 43.6 Å². The number of benzene rings is 2. The molecule has 1 aliphatic carbocycles. The number of hydrogen-bond acceptors (Lipinski definition) is 34. The van der Waals surface area contributed by atoms with E-state index in [4.69, 9.17) is 73.1 Å². The molecule has 0 radical (unpaired) electrons. The molecular formula is C87H121IN10O29S3. The van der Waals surface area contributed by atoms with E-state index in [9.17, 15) is 78.3 Å². The van der Waals surface area contributed by atoms with Gasteiger partial charge in [-0.05, 0) is 125 Å². The van der Waals surface area contributed by atoms with Crippen molar-refractivity contribution in [3.8, 4) is 29.1 Å². The van der Waals surface area contributed by atoms with Crippen LogP contribution in [-0.2, 0) is 92.4 Å². The lowest BCUT2D eigenvalue weighted by Gasteiger charge is -2.46. The van der Waals surface area contributed by atoms with Gasteiger partial charge in [0.1, 0.15) is 54.9 Å². The van der Waals surface area contributed by atoms with Crippen LogP contribution >= 0.6 is 55.9 Å². The Morgan fingerprint density at radius 3 is 2.15 bits per heavy atom. The van der Waals surface area contributed by atoms with Crippen LogP contribution in [0.5, 0.6) is 17.2 Å². The first-order valence-corrected chi connectivity index (χ1v) is 46.8. The Hall–Kier alpha value is -8.38. The topological polar surface area (TPSA) is 540 Å². The van der Waals surface area contributed by atoms with E-state index in [1.807, 2.05) is 43.4 Å². The fourth-order valence-electron chi connectivity index (χ4n) is 15.1. The summed E-state index contributed by atoms with van der Waals surface area (Å²) in [7, 11) is 8.30. The summed E-state index contributed by atoms with van der Waals surface area (Å²) in [5.41, 5.74) is 9.92. The van der Waals surface area contributed by atoms with Gasteiger partial charge in [-0.15, -0.1) is 0 Å². The van der Waals surface area contributed by atoms with Gasteiger partial charge in [0.05, 0.1) is 102 Å². The Balaban J connectivity index is 0.984. The number of aliphatic hydroxyl groups excluding tert-OH is 4. The zero-order chi connectivity index (χ0) is 95.8. The maximum atomic E-state index is 14.6. The monoisotopic (exact) mass is 1990 g/mol. The summed E-state index contributed by atoms with van der Waals surface area (Å²) < 4.78 is 74.0. The maximum absolute atomic E-state index is 14.6. The molecule has 4 saturated heterocycles. The Labute approximate surface area is 780 Å². The Kier molecular flexibility index (Phi) is 41.2. The van der Waals surface area contributed by atoms with Gasteiger partial charge in [0.25, 0.3) is 17.7 Å². The maximum Gasteiger partial charge on any atom is 0.410 e. The van der Waals surface area contributed by atoms with E-state index in [0.717, 1.165) is 16.7 Å². The molecule has 2 aromatic carbocycles. The number of thioether (sulfide) groups is 1. The third-order valence-electron chi connectivity index (χ3n) is 21.9. The number of unbranched alkanes of at least 4 members (excludes halogenated alkanes) is 2. The van der Waals surface area contributed by atoms with Crippen LogP contribution in [0.15, 0.2) is 76.6 Å². The largest absolute Gasteiger partial charge is 0.492 e. The summed E-state index contributed by atoms with van der Waals surface area (Å²) >= 11 is 2.74. The van der Waals surface area contributed by atoms with Crippen molar-refractivity contribution in [2.75, 3.05) is 65.7 Å². The van der Waals surface area contributed by atoms with Crippen molar-refractivity contribution in [1.29, 1.82) is 0 Å². The normalized spacial score (nSPS) is 27.5. The number of aldehydes is 1. The van der Waals surface area contributed by atoms with Crippen LogP contribution in [0.2, 0.25) is 0 Å². The quantitative estimate of drug-likeness (QED) is 0.00403. The molecular weight excluding hydrogens is 1870 g/mol. The number of Topliss-reactive ketones (excluding diaryl/α,β-unsaturated/α-hetero) is 1.